The smallest absolute Gasteiger partial charge is 0.421 e. The van der Waals surface area contributed by atoms with Gasteiger partial charge in [0.25, 0.3) is 11.8 Å². The van der Waals surface area contributed by atoms with E-state index < -0.39 is 29.6 Å². The third-order valence-electron chi connectivity index (χ3n) is 5.36. The van der Waals surface area contributed by atoms with Gasteiger partial charge in [-0.2, -0.15) is 13.2 Å². The van der Waals surface area contributed by atoms with Gasteiger partial charge in [0.05, 0.1) is 12.3 Å². The molecular weight excluding hydrogens is 403 g/mol. The van der Waals surface area contributed by atoms with Gasteiger partial charge in [0, 0.05) is 24.4 Å². The molecule has 0 fully saturated rings. The number of nitrogens with one attached hydrogen (secondary N) is 1. The topological polar surface area (TPSA) is 80.8 Å². The van der Waals surface area contributed by atoms with E-state index in [1.54, 1.807) is 31.3 Å². The quantitative estimate of drug-likeness (QED) is 0.806. The standard InChI is InChI=1S/C20H18F3N3O4/c1-19(20(21,22)23)12-7-13(24-8-11(12)9-30-19)17(27)25-14-10-29-16-6-4-3-5-15(16)26(2)18(14)28/h3-8,14H,9-10H2,1-2H3,(H,25,27)/t14-,19+/m0/s1. The minimum absolute atomic E-state index is 0.125. The number of halogens is 3. The van der Waals surface area contributed by atoms with Crippen LogP contribution < -0.4 is 15.0 Å². The van der Waals surface area contributed by atoms with Crippen molar-refractivity contribution < 1.29 is 32.2 Å². The van der Waals surface area contributed by atoms with Crippen molar-refractivity contribution in [2.24, 2.45) is 0 Å². The minimum Gasteiger partial charge on any atom is -0.489 e. The maximum absolute atomic E-state index is 13.5. The van der Waals surface area contributed by atoms with Gasteiger partial charge in [0.15, 0.2) is 5.60 Å². The van der Waals surface area contributed by atoms with E-state index >= 15 is 0 Å². The van der Waals surface area contributed by atoms with Crippen molar-refractivity contribution in [1.29, 1.82) is 0 Å². The first-order valence-electron chi connectivity index (χ1n) is 9.12. The Morgan fingerprint density at radius 3 is 2.80 bits per heavy atom. The van der Waals surface area contributed by atoms with Crippen LogP contribution in [0, 0.1) is 0 Å². The van der Waals surface area contributed by atoms with Crippen molar-refractivity contribution in [2.45, 2.75) is 31.3 Å². The number of benzene rings is 1. The van der Waals surface area contributed by atoms with Crippen molar-refractivity contribution in [3.63, 3.8) is 0 Å². The van der Waals surface area contributed by atoms with Gasteiger partial charge < -0.3 is 19.7 Å². The summed E-state index contributed by atoms with van der Waals surface area (Å²) in [5, 5.41) is 2.51. The zero-order valence-electron chi connectivity index (χ0n) is 16.1. The highest BCUT2D eigenvalue weighted by atomic mass is 19.4. The molecule has 0 saturated heterocycles. The zero-order chi connectivity index (χ0) is 21.7. The molecule has 2 amide bonds. The predicted molar refractivity (Wildman–Crippen MR) is 99.0 cm³/mol. The molecule has 1 aromatic heterocycles. The van der Waals surface area contributed by atoms with Gasteiger partial charge >= 0.3 is 6.18 Å². The van der Waals surface area contributed by atoms with Crippen LogP contribution in [0.15, 0.2) is 36.5 Å². The fraction of sp³-hybridized carbons (Fsp3) is 0.350. The highest BCUT2D eigenvalue weighted by molar-refractivity contribution is 6.02. The van der Waals surface area contributed by atoms with Gasteiger partial charge in [0.2, 0.25) is 0 Å². The van der Waals surface area contributed by atoms with E-state index in [1.165, 1.54) is 11.1 Å². The summed E-state index contributed by atoms with van der Waals surface area (Å²) in [5.41, 5.74) is -2.12. The van der Waals surface area contributed by atoms with E-state index in [0.717, 1.165) is 13.0 Å². The molecule has 1 N–H and O–H groups in total. The van der Waals surface area contributed by atoms with E-state index in [1.807, 2.05) is 0 Å². The number of carbonyl (C=O) groups excluding carboxylic acids is 2. The van der Waals surface area contributed by atoms with Gasteiger partial charge in [-0.1, -0.05) is 12.1 Å². The van der Waals surface area contributed by atoms with Crippen LogP contribution in [0.4, 0.5) is 18.9 Å². The molecule has 30 heavy (non-hydrogen) atoms. The highest BCUT2D eigenvalue weighted by Crippen LogP contribution is 2.47. The fourth-order valence-corrected chi connectivity index (χ4v) is 3.49. The monoisotopic (exact) mass is 421 g/mol. The molecule has 0 spiro atoms. The van der Waals surface area contributed by atoms with Gasteiger partial charge in [-0.3, -0.25) is 14.6 Å². The van der Waals surface area contributed by atoms with Crippen LogP contribution in [0.3, 0.4) is 0 Å². The lowest BCUT2D eigenvalue weighted by Crippen LogP contribution is -2.49. The average molecular weight is 421 g/mol. The Bertz CT molecular complexity index is 1030. The maximum atomic E-state index is 13.5. The number of anilines is 1. The van der Waals surface area contributed by atoms with Crippen LogP contribution in [0.25, 0.3) is 0 Å². The number of hydrogen-bond acceptors (Lipinski definition) is 5. The van der Waals surface area contributed by atoms with Crippen LogP contribution in [0.2, 0.25) is 0 Å². The first kappa shape index (κ1) is 20.1. The predicted octanol–water partition coefficient (Wildman–Crippen LogP) is 2.54. The molecule has 0 bridgehead atoms. The summed E-state index contributed by atoms with van der Waals surface area (Å²) in [7, 11) is 1.55. The first-order valence-corrected chi connectivity index (χ1v) is 9.12. The lowest BCUT2D eigenvalue weighted by atomic mass is 9.94. The number of aromatic nitrogens is 1. The molecule has 2 aliphatic heterocycles. The SMILES string of the molecule is CN1C(=O)[C@@H](NC(=O)c2cc3c(cn2)CO[C@@]3(C)C(F)(F)F)COc2ccccc21. The van der Waals surface area contributed by atoms with Crippen LogP contribution in [-0.4, -0.2) is 42.7 Å². The molecule has 0 unspecified atom stereocenters. The number of nitrogens with zero attached hydrogens (tertiary/aromatic N) is 2. The molecule has 2 aromatic rings. The third-order valence-corrected chi connectivity index (χ3v) is 5.36. The van der Waals surface area contributed by atoms with Crippen molar-refractivity contribution in [3.8, 4) is 5.75 Å². The van der Waals surface area contributed by atoms with Gasteiger partial charge in [-0.15, -0.1) is 0 Å². The van der Waals surface area contributed by atoms with Crippen molar-refractivity contribution in [3.05, 3.63) is 53.3 Å². The number of carbonyl (C=O) groups is 2. The number of fused-ring (bicyclic) bond motifs is 2. The molecule has 158 valence electrons. The number of ether oxygens (including phenoxy) is 2. The van der Waals surface area contributed by atoms with Crippen molar-refractivity contribution in [1.82, 2.24) is 10.3 Å². The zero-order valence-corrected chi connectivity index (χ0v) is 16.1. The highest BCUT2D eigenvalue weighted by Gasteiger charge is 2.57. The summed E-state index contributed by atoms with van der Waals surface area (Å²) < 4.78 is 51.0. The molecule has 0 saturated carbocycles. The Morgan fingerprint density at radius 1 is 1.33 bits per heavy atom. The molecule has 7 nitrogen and oxygen atoms in total. The molecular formula is C20H18F3N3O4. The Labute approximate surface area is 169 Å². The van der Waals surface area contributed by atoms with Gasteiger partial charge in [0.1, 0.15) is 24.1 Å². The van der Waals surface area contributed by atoms with E-state index in [-0.39, 0.29) is 30.0 Å². The second-order valence-corrected chi connectivity index (χ2v) is 7.25. The molecule has 0 radical (unpaired) electrons. The summed E-state index contributed by atoms with van der Waals surface area (Å²) >= 11 is 0. The summed E-state index contributed by atoms with van der Waals surface area (Å²) in [5.74, 6) is -0.715. The van der Waals surface area contributed by atoms with E-state index in [2.05, 4.69) is 10.3 Å². The number of alkyl halides is 3. The number of amides is 2. The van der Waals surface area contributed by atoms with E-state index in [0.29, 0.717) is 11.4 Å². The first-order chi connectivity index (χ1) is 14.1. The minimum atomic E-state index is -4.66. The lowest BCUT2D eigenvalue weighted by molar-refractivity contribution is -0.272. The molecule has 1 aromatic carbocycles. The van der Waals surface area contributed by atoms with Crippen LogP contribution >= 0.6 is 0 Å². The second kappa shape index (κ2) is 6.98. The fourth-order valence-electron chi connectivity index (χ4n) is 3.49. The number of hydrogen-bond donors (Lipinski definition) is 1. The summed E-state index contributed by atoms with van der Waals surface area (Å²) in [6.07, 6.45) is -3.47. The molecule has 2 atom stereocenters. The molecule has 4 rings (SSSR count). The van der Waals surface area contributed by atoms with Crippen LogP contribution in [0.5, 0.6) is 5.75 Å². The molecule has 3 heterocycles. The normalized spacial score (nSPS) is 23.3. The Hall–Kier alpha value is -3.14. The Kier molecular flexibility index (Phi) is 4.69. The van der Waals surface area contributed by atoms with Crippen LogP contribution in [0.1, 0.15) is 28.5 Å². The summed E-state index contributed by atoms with van der Waals surface area (Å²) in [4.78, 5) is 30.7. The lowest BCUT2D eigenvalue weighted by Gasteiger charge is -2.27. The van der Waals surface area contributed by atoms with E-state index in [4.69, 9.17) is 9.47 Å². The maximum Gasteiger partial charge on any atom is 0.421 e. The van der Waals surface area contributed by atoms with E-state index in [9.17, 15) is 22.8 Å². The summed E-state index contributed by atoms with van der Waals surface area (Å²) in [6.45, 7) is 0.536. The number of likely N-dealkylation sites (N-methyl/N-ethyl adjacent to an activating group) is 1. The molecule has 0 aliphatic carbocycles. The number of para-hydroxylation sites is 2. The van der Waals surface area contributed by atoms with Crippen molar-refractivity contribution in [2.75, 3.05) is 18.6 Å². The average Bonchev–Trinajstić information content (AvgIpc) is 3.02. The van der Waals surface area contributed by atoms with Crippen molar-refractivity contribution >= 4 is 17.5 Å². The van der Waals surface area contributed by atoms with Gasteiger partial charge in [-0.05, 0) is 25.1 Å². The third kappa shape index (κ3) is 3.17. The van der Waals surface area contributed by atoms with Crippen LogP contribution in [-0.2, 0) is 21.7 Å². The molecule has 10 heteroatoms. The Balaban J connectivity index is 1.57. The largest absolute Gasteiger partial charge is 0.489 e. The van der Waals surface area contributed by atoms with Gasteiger partial charge in [-0.25, -0.2) is 0 Å². The number of rotatable bonds is 2. The second-order valence-electron chi connectivity index (χ2n) is 7.25. The number of pyridine rings is 1. The Morgan fingerprint density at radius 2 is 2.07 bits per heavy atom. The molecule has 2 aliphatic rings. The summed E-state index contributed by atoms with van der Waals surface area (Å²) in [6, 6.07) is 6.94.